The second-order valence-corrected chi connectivity index (χ2v) is 9.21. The number of benzene rings is 1. The highest BCUT2D eigenvalue weighted by atomic mass is 16.6. The van der Waals surface area contributed by atoms with Gasteiger partial charge in [-0.05, 0) is 46.1 Å². The lowest BCUT2D eigenvalue weighted by Gasteiger charge is -2.40. The SMILES string of the molecule is C=C(C)CC1(c2ccccc2)CCN(C)C(=O)O1.CC.CC(C)(C)OC(=O)N1CCCC1. The third-order valence-electron chi connectivity index (χ3n) is 5.09. The van der Waals surface area contributed by atoms with Crippen molar-refractivity contribution in [1.82, 2.24) is 9.80 Å². The van der Waals surface area contributed by atoms with Crippen LogP contribution in [0.4, 0.5) is 9.59 Å². The van der Waals surface area contributed by atoms with Gasteiger partial charge in [-0.25, -0.2) is 9.59 Å². The van der Waals surface area contributed by atoms with Crippen LogP contribution in [0.1, 0.15) is 72.8 Å². The minimum Gasteiger partial charge on any atom is -0.444 e. The Hall–Kier alpha value is -2.50. The molecule has 0 N–H and O–H groups in total. The summed E-state index contributed by atoms with van der Waals surface area (Å²) in [6, 6.07) is 9.95. The van der Waals surface area contributed by atoms with Gasteiger partial charge in [-0.3, -0.25) is 0 Å². The molecule has 0 bridgehead atoms. The topological polar surface area (TPSA) is 59.1 Å². The number of amides is 2. The monoisotopic (exact) mass is 446 g/mol. The quantitative estimate of drug-likeness (QED) is 0.507. The van der Waals surface area contributed by atoms with E-state index in [0.29, 0.717) is 13.0 Å². The van der Waals surface area contributed by atoms with E-state index in [1.165, 1.54) is 0 Å². The van der Waals surface area contributed by atoms with Crippen LogP contribution in [0.5, 0.6) is 0 Å². The number of rotatable bonds is 3. The predicted molar refractivity (Wildman–Crippen MR) is 130 cm³/mol. The van der Waals surface area contributed by atoms with Crippen molar-refractivity contribution in [2.45, 2.75) is 78.4 Å². The summed E-state index contributed by atoms with van der Waals surface area (Å²) in [4.78, 5) is 26.6. The maximum atomic E-state index is 11.8. The number of ether oxygens (including phenoxy) is 2. The van der Waals surface area contributed by atoms with Crippen molar-refractivity contribution >= 4 is 12.2 Å². The van der Waals surface area contributed by atoms with Gasteiger partial charge in [-0.2, -0.15) is 0 Å². The standard InChI is InChI=1S/C15H19NO2.C9H17NO2.C2H6/c1-12(2)11-15(13-7-5-4-6-8-13)9-10-16(3)14(17)18-15;1-9(2,3)12-8(11)10-6-4-5-7-10;1-2/h4-8H,1,9-11H2,2-3H3;4-7H2,1-3H3;1-2H3. The van der Waals surface area contributed by atoms with E-state index in [1.807, 2.05) is 71.9 Å². The molecule has 32 heavy (non-hydrogen) atoms. The molecule has 2 heterocycles. The number of cyclic esters (lactones) is 1. The summed E-state index contributed by atoms with van der Waals surface area (Å²) < 4.78 is 10.9. The highest BCUT2D eigenvalue weighted by Crippen LogP contribution is 2.38. The molecule has 6 heteroatoms. The molecular weight excluding hydrogens is 404 g/mol. The first-order valence-corrected chi connectivity index (χ1v) is 11.6. The molecule has 2 amide bonds. The zero-order valence-corrected chi connectivity index (χ0v) is 21.1. The maximum Gasteiger partial charge on any atom is 0.410 e. The minimum atomic E-state index is -0.545. The van der Waals surface area contributed by atoms with E-state index in [1.54, 1.807) is 16.8 Å². The van der Waals surface area contributed by atoms with E-state index in [9.17, 15) is 9.59 Å². The van der Waals surface area contributed by atoms with Crippen LogP contribution in [-0.4, -0.2) is 54.3 Å². The molecule has 0 radical (unpaired) electrons. The highest BCUT2D eigenvalue weighted by molar-refractivity contribution is 5.69. The Morgan fingerprint density at radius 3 is 2.16 bits per heavy atom. The summed E-state index contributed by atoms with van der Waals surface area (Å²) in [6.07, 6.45) is 3.27. The normalized spacial score (nSPS) is 20.3. The molecule has 2 aliphatic heterocycles. The average molecular weight is 447 g/mol. The van der Waals surface area contributed by atoms with E-state index >= 15 is 0 Å². The van der Waals surface area contributed by atoms with Crippen LogP contribution in [0.3, 0.4) is 0 Å². The van der Waals surface area contributed by atoms with Crippen LogP contribution >= 0.6 is 0 Å². The number of hydrogen-bond donors (Lipinski definition) is 0. The molecule has 1 aromatic rings. The molecule has 1 atom stereocenters. The Morgan fingerprint density at radius 1 is 1.12 bits per heavy atom. The van der Waals surface area contributed by atoms with Gasteiger partial charge in [0.25, 0.3) is 0 Å². The zero-order chi connectivity index (χ0) is 24.4. The van der Waals surface area contributed by atoms with Gasteiger partial charge in [0.2, 0.25) is 0 Å². The number of carbonyl (C=O) groups excluding carboxylic acids is 2. The average Bonchev–Trinajstić information content (AvgIpc) is 3.27. The van der Waals surface area contributed by atoms with Gasteiger partial charge in [-0.15, -0.1) is 0 Å². The zero-order valence-electron chi connectivity index (χ0n) is 21.1. The Morgan fingerprint density at radius 2 is 1.69 bits per heavy atom. The van der Waals surface area contributed by atoms with Gasteiger partial charge < -0.3 is 19.3 Å². The molecule has 1 aromatic carbocycles. The first-order chi connectivity index (χ1) is 15.0. The van der Waals surface area contributed by atoms with Crippen LogP contribution in [0, 0.1) is 0 Å². The molecule has 0 aromatic heterocycles. The van der Waals surface area contributed by atoms with Crippen LogP contribution in [0.2, 0.25) is 0 Å². The maximum absolute atomic E-state index is 11.8. The van der Waals surface area contributed by atoms with Gasteiger partial charge >= 0.3 is 12.2 Å². The Balaban J connectivity index is 0.000000318. The van der Waals surface area contributed by atoms with Crippen molar-refractivity contribution in [1.29, 1.82) is 0 Å². The van der Waals surface area contributed by atoms with Crippen LogP contribution in [0.15, 0.2) is 42.5 Å². The smallest absolute Gasteiger partial charge is 0.410 e. The number of nitrogens with zero attached hydrogens (tertiary/aromatic N) is 2. The molecule has 2 fully saturated rings. The van der Waals surface area contributed by atoms with Gasteiger partial charge in [0.15, 0.2) is 0 Å². The Kier molecular flexibility index (Phi) is 10.8. The molecule has 0 saturated carbocycles. The minimum absolute atomic E-state index is 0.167. The molecule has 0 spiro atoms. The summed E-state index contributed by atoms with van der Waals surface area (Å²) in [5.41, 5.74) is 1.17. The van der Waals surface area contributed by atoms with E-state index in [2.05, 4.69) is 6.58 Å². The van der Waals surface area contributed by atoms with Gasteiger partial charge in [0, 0.05) is 39.5 Å². The number of carbonyl (C=O) groups is 2. The fraction of sp³-hybridized carbons (Fsp3) is 0.615. The fourth-order valence-corrected chi connectivity index (χ4v) is 3.62. The molecule has 2 saturated heterocycles. The summed E-state index contributed by atoms with van der Waals surface area (Å²) >= 11 is 0. The van der Waals surface area contributed by atoms with Crippen molar-refractivity contribution in [2.24, 2.45) is 0 Å². The summed E-state index contributed by atoms with van der Waals surface area (Å²) in [6.45, 7) is 18.0. The van der Waals surface area contributed by atoms with Gasteiger partial charge in [0.1, 0.15) is 11.2 Å². The molecule has 3 rings (SSSR count). The van der Waals surface area contributed by atoms with Crippen LogP contribution < -0.4 is 0 Å². The third-order valence-corrected chi connectivity index (χ3v) is 5.09. The van der Waals surface area contributed by atoms with Crippen molar-refractivity contribution in [3.8, 4) is 0 Å². The summed E-state index contributed by atoms with van der Waals surface area (Å²) in [5, 5.41) is 0. The van der Waals surface area contributed by atoms with Gasteiger partial charge in [-0.1, -0.05) is 56.3 Å². The van der Waals surface area contributed by atoms with Crippen molar-refractivity contribution < 1.29 is 19.1 Å². The molecule has 2 aliphatic rings. The summed E-state index contributed by atoms with van der Waals surface area (Å²) in [7, 11) is 1.76. The van der Waals surface area contributed by atoms with Crippen LogP contribution in [-0.2, 0) is 15.1 Å². The predicted octanol–water partition coefficient (Wildman–Crippen LogP) is 6.36. The Labute approximate surface area is 194 Å². The third kappa shape index (κ3) is 8.56. The van der Waals surface area contributed by atoms with Crippen LogP contribution in [0.25, 0.3) is 0 Å². The van der Waals surface area contributed by atoms with Crippen molar-refractivity contribution in [2.75, 3.05) is 26.7 Å². The molecule has 6 nitrogen and oxygen atoms in total. The highest BCUT2D eigenvalue weighted by Gasteiger charge is 2.41. The Bertz CT molecular complexity index is 736. The van der Waals surface area contributed by atoms with E-state index < -0.39 is 5.60 Å². The largest absolute Gasteiger partial charge is 0.444 e. The lowest BCUT2D eigenvalue weighted by atomic mass is 9.84. The number of hydrogen-bond acceptors (Lipinski definition) is 4. The lowest BCUT2D eigenvalue weighted by Crippen LogP contribution is -2.46. The molecule has 180 valence electrons. The van der Waals surface area contributed by atoms with Crippen molar-refractivity contribution in [3.05, 3.63) is 48.0 Å². The van der Waals surface area contributed by atoms with E-state index in [0.717, 1.165) is 43.5 Å². The van der Waals surface area contributed by atoms with E-state index in [-0.39, 0.29) is 17.8 Å². The fourth-order valence-electron chi connectivity index (χ4n) is 3.62. The van der Waals surface area contributed by atoms with Gasteiger partial charge in [0.05, 0.1) is 0 Å². The second-order valence-electron chi connectivity index (χ2n) is 9.21. The first-order valence-electron chi connectivity index (χ1n) is 11.6. The number of likely N-dealkylation sites (tertiary alicyclic amines) is 1. The first kappa shape index (κ1) is 27.5. The molecule has 0 aliphatic carbocycles. The van der Waals surface area contributed by atoms with Crippen molar-refractivity contribution in [3.63, 3.8) is 0 Å². The molecule has 1 unspecified atom stereocenters. The lowest BCUT2D eigenvalue weighted by molar-refractivity contribution is -0.0472. The second kappa shape index (κ2) is 12.5. The summed E-state index contributed by atoms with van der Waals surface area (Å²) in [5.74, 6) is 0. The molecular formula is C26H42N2O4. The van der Waals surface area contributed by atoms with E-state index in [4.69, 9.17) is 9.47 Å².